The van der Waals surface area contributed by atoms with Gasteiger partial charge in [0.15, 0.2) is 0 Å². The third-order valence-electron chi connectivity index (χ3n) is 4.02. The maximum Gasteiger partial charge on any atom is 0.0954 e. The summed E-state index contributed by atoms with van der Waals surface area (Å²) in [5.41, 5.74) is 10.2. The van der Waals surface area contributed by atoms with Crippen molar-refractivity contribution in [3.05, 3.63) is 39.6 Å². The van der Waals surface area contributed by atoms with Gasteiger partial charge in [0.1, 0.15) is 0 Å². The van der Waals surface area contributed by atoms with E-state index in [2.05, 4.69) is 36.2 Å². The van der Waals surface area contributed by atoms with Crippen LogP contribution in [0.2, 0.25) is 0 Å². The van der Waals surface area contributed by atoms with Crippen molar-refractivity contribution in [2.45, 2.75) is 58.0 Å². The average Bonchev–Trinajstić information content (AvgIpc) is 2.99. The molecule has 4 heteroatoms. The van der Waals surface area contributed by atoms with E-state index < -0.39 is 0 Å². The second-order valence-electron chi connectivity index (χ2n) is 6.10. The van der Waals surface area contributed by atoms with Crippen LogP contribution in [-0.4, -0.2) is 9.55 Å². The van der Waals surface area contributed by atoms with Crippen LogP contribution in [-0.2, 0) is 13.0 Å². The summed E-state index contributed by atoms with van der Waals surface area (Å²) < 4.78 is 2.26. The van der Waals surface area contributed by atoms with Crippen LogP contribution in [0.15, 0.2) is 17.8 Å². The maximum atomic E-state index is 6.27. The molecule has 1 unspecified atom stereocenters. The van der Waals surface area contributed by atoms with Crippen LogP contribution < -0.4 is 5.73 Å². The van der Waals surface area contributed by atoms with Crippen molar-refractivity contribution in [3.8, 4) is 0 Å². The molecule has 2 aromatic heterocycles. The molecule has 0 bridgehead atoms. The number of fused-ring (bicyclic) bond motifs is 1. The molecule has 2 aromatic rings. The number of hydrogen-bond acceptors (Lipinski definition) is 3. The van der Waals surface area contributed by atoms with Gasteiger partial charge in [-0.1, -0.05) is 20.3 Å². The highest BCUT2D eigenvalue weighted by Gasteiger charge is 2.17. The van der Waals surface area contributed by atoms with E-state index in [4.69, 9.17) is 10.7 Å². The molecule has 0 saturated heterocycles. The Hall–Kier alpha value is -1.13. The van der Waals surface area contributed by atoms with Crippen LogP contribution in [0.5, 0.6) is 0 Å². The number of nitrogens with zero attached hydrogens (tertiary/aromatic N) is 2. The molecular weight excluding hydrogens is 266 g/mol. The lowest BCUT2D eigenvalue weighted by atomic mass is 10.1. The first kappa shape index (κ1) is 13.8. The monoisotopic (exact) mass is 289 g/mol. The van der Waals surface area contributed by atoms with Gasteiger partial charge in [-0.3, -0.25) is 0 Å². The predicted molar refractivity (Wildman–Crippen MR) is 84.2 cm³/mol. The molecule has 0 amide bonds. The number of hydrogen-bond donors (Lipinski definition) is 1. The van der Waals surface area contributed by atoms with Gasteiger partial charge in [0.05, 0.1) is 17.2 Å². The molecule has 0 aromatic carbocycles. The predicted octanol–water partition coefficient (Wildman–Crippen LogP) is 3.84. The first-order valence-corrected chi connectivity index (χ1v) is 8.40. The number of rotatable bonds is 3. The normalized spacial score (nSPS) is 19.1. The molecule has 3 nitrogen and oxygen atoms in total. The van der Waals surface area contributed by atoms with Crippen molar-refractivity contribution in [1.82, 2.24) is 9.55 Å². The van der Waals surface area contributed by atoms with E-state index in [0.717, 1.165) is 18.7 Å². The summed E-state index contributed by atoms with van der Waals surface area (Å²) >= 11 is 1.77. The molecule has 0 saturated carbocycles. The largest absolute Gasteiger partial charge is 0.348 e. The van der Waals surface area contributed by atoms with Crippen molar-refractivity contribution in [3.63, 3.8) is 0 Å². The molecule has 3 rings (SSSR count). The molecule has 0 aliphatic heterocycles. The Morgan fingerprint density at radius 2 is 2.25 bits per heavy atom. The minimum Gasteiger partial charge on any atom is -0.348 e. The quantitative estimate of drug-likeness (QED) is 0.872. The zero-order valence-electron chi connectivity index (χ0n) is 12.3. The Bertz CT molecular complexity index is 582. The molecule has 0 fully saturated rings. The fraction of sp³-hybridized carbons (Fsp3) is 0.562. The van der Waals surface area contributed by atoms with Crippen molar-refractivity contribution in [1.29, 1.82) is 0 Å². The van der Waals surface area contributed by atoms with E-state index in [9.17, 15) is 0 Å². The first-order chi connectivity index (χ1) is 9.63. The van der Waals surface area contributed by atoms with E-state index in [0.29, 0.717) is 5.92 Å². The summed E-state index contributed by atoms with van der Waals surface area (Å²) in [6, 6.07) is 0.218. The molecule has 1 aliphatic carbocycles. The highest BCUT2D eigenvalue weighted by atomic mass is 32.1. The summed E-state index contributed by atoms with van der Waals surface area (Å²) in [5, 5.41) is 3.41. The second-order valence-corrected chi connectivity index (χ2v) is 6.98. The summed E-state index contributed by atoms with van der Waals surface area (Å²) in [6.45, 7) is 5.25. The van der Waals surface area contributed by atoms with E-state index in [1.807, 2.05) is 0 Å². The smallest absolute Gasteiger partial charge is 0.0954 e. The molecule has 1 atom stereocenters. The summed E-state index contributed by atoms with van der Waals surface area (Å²) in [5.74, 6) is 0.517. The Morgan fingerprint density at radius 1 is 1.40 bits per heavy atom. The molecule has 2 N–H and O–H groups in total. The standard InChI is InChI=1S/C16H23N3S/c1-11(2)16-18-13(10-20-16)8-19-7-12-5-3-4-6-15(17)14(12)9-19/h7,9-11,15H,3-6,8,17H2,1-2H3. The maximum absolute atomic E-state index is 6.27. The average molecular weight is 289 g/mol. The van der Waals surface area contributed by atoms with Crippen molar-refractivity contribution in [2.75, 3.05) is 0 Å². The van der Waals surface area contributed by atoms with E-state index >= 15 is 0 Å². The number of thiazole rings is 1. The Kier molecular flexibility index (Phi) is 3.94. The lowest BCUT2D eigenvalue weighted by Crippen LogP contribution is -2.09. The van der Waals surface area contributed by atoms with Crippen LogP contribution in [0.3, 0.4) is 0 Å². The Balaban J connectivity index is 1.79. The first-order valence-electron chi connectivity index (χ1n) is 7.52. The minimum absolute atomic E-state index is 0.218. The van der Waals surface area contributed by atoms with Crippen LogP contribution >= 0.6 is 11.3 Å². The van der Waals surface area contributed by atoms with Crippen LogP contribution in [0.25, 0.3) is 0 Å². The van der Waals surface area contributed by atoms with Crippen molar-refractivity contribution >= 4 is 11.3 Å². The zero-order chi connectivity index (χ0) is 14.1. The number of aryl methyl sites for hydroxylation is 1. The zero-order valence-corrected chi connectivity index (χ0v) is 13.1. The molecular formula is C16H23N3S. The lowest BCUT2D eigenvalue weighted by Gasteiger charge is -2.07. The fourth-order valence-electron chi connectivity index (χ4n) is 2.89. The number of nitrogens with two attached hydrogens (primary N) is 1. The van der Waals surface area contributed by atoms with Gasteiger partial charge in [0.25, 0.3) is 0 Å². The van der Waals surface area contributed by atoms with Gasteiger partial charge in [-0.15, -0.1) is 11.3 Å². The topological polar surface area (TPSA) is 43.8 Å². The molecule has 1 aliphatic rings. The van der Waals surface area contributed by atoms with E-state index in [1.165, 1.54) is 35.4 Å². The van der Waals surface area contributed by atoms with Crippen LogP contribution in [0.1, 0.15) is 66.9 Å². The van der Waals surface area contributed by atoms with Gasteiger partial charge in [0.2, 0.25) is 0 Å². The van der Waals surface area contributed by atoms with Crippen LogP contribution in [0.4, 0.5) is 0 Å². The summed E-state index contributed by atoms with van der Waals surface area (Å²) in [7, 11) is 0. The van der Waals surface area contributed by atoms with Gasteiger partial charge in [-0.2, -0.15) is 0 Å². The third-order valence-corrected chi connectivity index (χ3v) is 5.21. The highest BCUT2D eigenvalue weighted by Crippen LogP contribution is 2.28. The van der Waals surface area contributed by atoms with Gasteiger partial charge in [-0.05, 0) is 30.4 Å². The minimum atomic E-state index is 0.218. The molecule has 0 radical (unpaired) electrons. The van der Waals surface area contributed by atoms with E-state index in [-0.39, 0.29) is 6.04 Å². The summed E-state index contributed by atoms with van der Waals surface area (Å²) in [4.78, 5) is 4.72. The van der Waals surface area contributed by atoms with Gasteiger partial charge >= 0.3 is 0 Å². The summed E-state index contributed by atoms with van der Waals surface area (Å²) in [6.07, 6.45) is 9.31. The van der Waals surface area contributed by atoms with Gasteiger partial charge in [-0.25, -0.2) is 4.98 Å². The molecule has 20 heavy (non-hydrogen) atoms. The third kappa shape index (κ3) is 2.81. The fourth-order valence-corrected chi connectivity index (χ4v) is 3.72. The number of aromatic nitrogens is 2. The Labute approximate surface area is 124 Å². The lowest BCUT2D eigenvalue weighted by molar-refractivity contribution is 0.609. The van der Waals surface area contributed by atoms with E-state index in [1.54, 1.807) is 11.3 Å². The SMILES string of the molecule is CC(C)c1nc(Cn2cc3c(c2)C(N)CCCC3)cs1. The second kappa shape index (κ2) is 5.70. The molecule has 0 spiro atoms. The molecule has 108 valence electrons. The van der Waals surface area contributed by atoms with Crippen LogP contribution in [0, 0.1) is 0 Å². The highest BCUT2D eigenvalue weighted by molar-refractivity contribution is 7.09. The molecule has 2 heterocycles. The van der Waals surface area contributed by atoms with Crippen molar-refractivity contribution in [2.24, 2.45) is 5.73 Å². The van der Waals surface area contributed by atoms with Gasteiger partial charge in [0, 0.05) is 29.7 Å². The Morgan fingerprint density at radius 3 is 3.00 bits per heavy atom. The van der Waals surface area contributed by atoms with Crippen molar-refractivity contribution < 1.29 is 0 Å². The van der Waals surface area contributed by atoms with Gasteiger partial charge < -0.3 is 10.3 Å².